The van der Waals surface area contributed by atoms with E-state index in [0.717, 1.165) is 71.5 Å². The lowest BCUT2D eigenvalue weighted by Crippen LogP contribution is -2.06. The van der Waals surface area contributed by atoms with E-state index >= 15 is 0 Å². The van der Waals surface area contributed by atoms with E-state index in [-0.39, 0.29) is 0 Å². The van der Waals surface area contributed by atoms with Crippen LogP contribution in [0.1, 0.15) is 0 Å². The van der Waals surface area contributed by atoms with Crippen LogP contribution in [0.4, 0.5) is 0 Å². The molecule has 0 N–H and O–H groups in total. The highest BCUT2D eigenvalue weighted by atomic mass is 16.3. The zero-order chi connectivity index (χ0) is 30.9. The van der Waals surface area contributed by atoms with Gasteiger partial charge in [0.2, 0.25) is 11.8 Å². The third-order valence-corrected chi connectivity index (χ3v) is 8.71. The second kappa shape index (κ2) is 9.95. The average molecular weight is 606 g/mol. The fraction of sp³-hybridized carbons (Fsp3) is 0. The molecule has 0 fully saturated rings. The molecule has 7 nitrogen and oxygen atoms in total. The van der Waals surface area contributed by atoms with Gasteiger partial charge in [-0.1, -0.05) is 91.0 Å². The van der Waals surface area contributed by atoms with Crippen molar-refractivity contribution in [1.82, 2.24) is 24.5 Å². The molecule has 0 atom stereocenters. The Balaban J connectivity index is 1.21. The van der Waals surface area contributed by atoms with Gasteiger partial charge in [0.25, 0.3) is 0 Å². The first-order valence-corrected chi connectivity index (χ1v) is 15.4. The number of fused-ring (bicyclic) bond motifs is 7. The predicted molar refractivity (Wildman–Crippen MR) is 185 cm³/mol. The molecular formula is C40H23N5O2. The summed E-state index contributed by atoms with van der Waals surface area (Å²) < 4.78 is 14.6. The largest absolute Gasteiger partial charge is 0.456 e. The summed E-state index contributed by atoms with van der Waals surface area (Å²) >= 11 is 0. The number of hydrogen-bond donors (Lipinski definition) is 0. The van der Waals surface area contributed by atoms with Crippen molar-refractivity contribution in [3.05, 3.63) is 140 Å². The van der Waals surface area contributed by atoms with Crippen LogP contribution < -0.4 is 0 Å². The van der Waals surface area contributed by atoms with E-state index in [2.05, 4.69) is 52.0 Å². The third kappa shape index (κ3) is 4.00. The van der Waals surface area contributed by atoms with Crippen molar-refractivity contribution in [3.8, 4) is 40.2 Å². The van der Waals surface area contributed by atoms with E-state index in [0.29, 0.717) is 23.5 Å². The number of hydrogen-bond acceptors (Lipinski definition) is 6. The molecule has 0 saturated carbocycles. The minimum Gasteiger partial charge on any atom is -0.456 e. The van der Waals surface area contributed by atoms with Crippen LogP contribution in [0.25, 0.3) is 95.0 Å². The molecule has 0 radical (unpaired) electrons. The van der Waals surface area contributed by atoms with E-state index < -0.39 is 0 Å². The summed E-state index contributed by atoms with van der Waals surface area (Å²) in [6.45, 7) is 0. The molecule has 4 heterocycles. The highest BCUT2D eigenvalue weighted by molar-refractivity contribution is 6.12. The van der Waals surface area contributed by atoms with Crippen LogP contribution in [0.2, 0.25) is 0 Å². The van der Waals surface area contributed by atoms with Crippen molar-refractivity contribution in [2.75, 3.05) is 0 Å². The van der Waals surface area contributed by atoms with Crippen LogP contribution in [-0.4, -0.2) is 24.5 Å². The van der Waals surface area contributed by atoms with Crippen LogP contribution in [0.15, 0.2) is 148 Å². The molecule has 0 amide bonds. The molecule has 4 aromatic heterocycles. The lowest BCUT2D eigenvalue weighted by Gasteiger charge is -2.11. The number of para-hydroxylation sites is 4. The van der Waals surface area contributed by atoms with Gasteiger partial charge in [-0.15, -0.1) is 0 Å². The molecule has 0 bridgehead atoms. The minimum atomic E-state index is 0.550. The fourth-order valence-corrected chi connectivity index (χ4v) is 6.58. The first-order chi connectivity index (χ1) is 23.3. The molecular weight excluding hydrogens is 582 g/mol. The Labute approximate surface area is 267 Å². The predicted octanol–water partition coefficient (Wildman–Crippen LogP) is 10.0. The summed E-state index contributed by atoms with van der Waals surface area (Å²) in [4.78, 5) is 20.0. The molecule has 10 aromatic rings. The second-order valence-electron chi connectivity index (χ2n) is 11.5. The third-order valence-electron chi connectivity index (χ3n) is 8.71. The van der Waals surface area contributed by atoms with E-state index in [1.165, 1.54) is 0 Å². The highest BCUT2D eigenvalue weighted by Crippen LogP contribution is 2.39. The number of benzene rings is 6. The Morgan fingerprint density at radius 2 is 1.15 bits per heavy atom. The van der Waals surface area contributed by atoms with Gasteiger partial charge >= 0.3 is 0 Å². The maximum absolute atomic E-state index is 6.44. The van der Waals surface area contributed by atoms with Crippen molar-refractivity contribution >= 4 is 54.8 Å². The van der Waals surface area contributed by atoms with Gasteiger partial charge in [-0.3, -0.25) is 4.57 Å². The molecule has 220 valence electrons. The van der Waals surface area contributed by atoms with Crippen LogP contribution in [0, 0.1) is 0 Å². The molecule has 47 heavy (non-hydrogen) atoms. The Morgan fingerprint density at radius 3 is 1.96 bits per heavy atom. The van der Waals surface area contributed by atoms with Crippen molar-refractivity contribution < 1.29 is 8.83 Å². The number of nitrogens with zero attached hydrogens (tertiary/aromatic N) is 5. The van der Waals surface area contributed by atoms with Crippen molar-refractivity contribution in [2.24, 2.45) is 0 Å². The topological polar surface area (TPSA) is 82.8 Å². The zero-order valence-corrected chi connectivity index (χ0v) is 24.8. The maximum Gasteiger partial charge on any atom is 0.238 e. The van der Waals surface area contributed by atoms with Gasteiger partial charge < -0.3 is 8.83 Å². The zero-order valence-electron chi connectivity index (χ0n) is 24.8. The number of oxazole rings is 1. The van der Waals surface area contributed by atoms with E-state index in [1.807, 2.05) is 97.1 Å². The number of aromatic nitrogens is 5. The summed E-state index contributed by atoms with van der Waals surface area (Å²) in [5, 5.41) is 4.17. The minimum absolute atomic E-state index is 0.550. The SMILES string of the molecule is c1ccc(-c2nc(-c3cccc4oc5cc(-c6nc7ccccc7o6)ccc5c34)nc(-n3c4ccccc4c4ccccc43)n2)cc1. The Morgan fingerprint density at radius 1 is 0.447 bits per heavy atom. The van der Waals surface area contributed by atoms with Gasteiger partial charge in [0.1, 0.15) is 16.7 Å². The molecule has 0 aliphatic heterocycles. The van der Waals surface area contributed by atoms with Crippen molar-refractivity contribution in [1.29, 1.82) is 0 Å². The van der Waals surface area contributed by atoms with Gasteiger partial charge in [0, 0.05) is 38.2 Å². The van der Waals surface area contributed by atoms with Gasteiger partial charge in [-0.05, 0) is 48.5 Å². The lowest BCUT2D eigenvalue weighted by atomic mass is 10.0. The number of furan rings is 1. The maximum atomic E-state index is 6.44. The summed E-state index contributed by atoms with van der Waals surface area (Å²) in [6.07, 6.45) is 0. The summed E-state index contributed by atoms with van der Waals surface area (Å²) in [5.41, 5.74) is 7.71. The normalized spacial score (nSPS) is 11.8. The first kappa shape index (κ1) is 25.7. The summed E-state index contributed by atoms with van der Waals surface area (Å²) in [7, 11) is 0. The Kier molecular flexibility index (Phi) is 5.44. The number of rotatable bonds is 4. The monoisotopic (exact) mass is 605 g/mol. The fourth-order valence-electron chi connectivity index (χ4n) is 6.58. The average Bonchev–Trinajstić information content (AvgIpc) is 3.83. The second-order valence-corrected chi connectivity index (χ2v) is 11.5. The first-order valence-electron chi connectivity index (χ1n) is 15.4. The molecule has 0 spiro atoms. The molecule has 0 aliphatic rings. The molecule has 0 unspecified atom stereocenters. The van der Waals surface area contributed by atoms with E-state index in [4.69, 9.17) is 23.8 Å². The molecule has 6 aromatic carbocycles. The molecule has 0 aliphatic carbocycles. The van der Waals surface area contributed by atoms with Crippen LogP contribution in [0.5, 0.6) is 0 Å². The lowest BCUT2D eigenvalue weighted by molar-refractivity contribution is 0.619. The summed E-state index contributed by atoms with van der Waals surface area (Å²) in [5.74, 6) is 2.26. The Bertz CT molecular complexity index is 2720. The van der Waals surface area contributed by atoms with Gasteiger partial charge in [0.05, 0.1) is 11.0 Å². The van der Waals surface area contributed by atoms with Gasteiger partial charge in [-0.2, -0.15) is 9.97 Å². The quantitative estimate of drug-likeness (QED) is 0.199. The molecule has 10 rings (SSSR count). The van der Waals surface area contributed by atoms with Crippen LogP contribution >= 0.6 is 0 Å². The molecule has 0 saturated heterocycles. The van der Waals surface area contributed by atoms with E-state index in [1.54, 1.807) is 0 Å². The Hall–Kier alpha value is -6.60. The smallest absolute Gasteiger partial charge is 0.238 e. The van der Waals surface area contributed by atoms with Crippen molar-refractivity contribution in [2.45, 2.75) is 0 Å². The van der Waals surface area contributed by atoms with Gasteiger partial charge in [-0.25, -0.2) is 9.97 Å². The molecule has 7 heteroatoms. The highest BCUT2D eigenvalue weighted by Gasteiger charge is 2.21. The van der Waals surface area contributed by atoms with Gasteiger partial charge in [0.15, 0.2) is 17.2 Å². The van der Waals surface area contributed by atoms with E-state index in [9.17, 15) is 0 Å². The van der Waals surface area contributed by atoms with Crippen LogP contribution in [0.3, 0.4) is 0 Å². The summed E-state index contributed by atoms with van der Waals surface area (Å²) in [6, 6.07) is 46.6. The van der Waals surface area contributed by atoms with Crippen molar-refractivity contribution in [3.63, 3.8) is 0 Å². The van der Waals surface area contributed by atoms with Crippen LogP contribution in [-0.2, 0) is 0 Å². The standard InChI is InChI=1S/C40H23N5O2/c1-2-11-24(12-3-1)37-42-38(44-40(43-37)45-31-17-7-4-13-26(31)27-14-5-8-18-32(27)45)29-15-10-20-34-36(29)28-22-21-25(23-35(28)46-34)39-41-30-16-6-9-19-33(30)47-39/h1-23H.